The lowest BCUT2D eigenvalue weighted by atomic mass is 10.0. The summed E-state index contributed by atoms with van der Waals surface area (Å²) < 4.78 is 29.5. The van der Waals surface area contributed by atoms with E-state index in [4.69, 9.17) is 28.8 Å². The number of carboxylic acids is 1. The number of ether oxygens (including phenoxy) is 5. The Morgan fingerprint density at radius 3 is 2.35 bits per heavy atom. The first kappa shape index (κ1) is 22.0. The highest BCUT2D eigenvalue weighted by Gasteiger charge is 2.58. The summed E-state index contributed by atoms with van der Waals surface area (Å²) in [6.07, 6.45) is -2.12. The summed E-state index contributed by atoms with van der Waals surface area (Å²) in [6.45, 7) is 7.55. The van der Waals surface area contributed by atoms with Crippen molar-refractivity contribution in [1.82, 2.24) is 5.32 Å². The first-order valence-corrected chi connectivity index (χ1v) is 10.2. The Balaban J connectivity index is 1.44. The molecule has 170 valence electrons. The van der Waals surface area contributed by atoms with Gasteiger partial charge in [-0.25, -0.2) is 4.79 Å². The molecule has 3 N–H and O–H groups in total. The molecule has 0 aromatic heterocycles. The largest absolute Gasteiger partial charge is 0.481 e. The third-order valence-electron chi connectivity index (χ3n) is 5.35. The number of hydrogen-bond acceptors (Lipinski definition) is 7. The standard InChI is InChI=1S/C21H28N2O8/c1-20(2)27-10-13(29-20)16-15(17-18(28-16)31-21(3,4)30-17)23-19(26)22-12-7-5-11(6-8-12)9-14(24)25/h5-8,13,15-18H,9-10H2,1-4H3,(H,24,25)(H2,22,23,26)/t13-,15+,16-,17-,18-/m1/s1. The summed E-state index contributed by atoms with van der Waals surface area (Å²) in [5.41, 5.74) is 1.18. The second-order valence-electron chi connectivity index (χ2n) is 8.83. The van der Waals surface area contributed by atoms with Crippen LogP contribution in [0.1, 0.15) is 33.3 Å². The molecular formula is C21H28N2O8. The average molecular weight is 436 g/mol. The van der Waals surface area contributed by atoms with E-state index in [2.05, 4.69) is 10.6 Å². The molecule has 0 unspecified atom stereocenters. The Labute approximate surface area is 180 Å². The molecule has 2 amide bonds. The van der Waals surface area contributed by atoms with Crippen molar-refractivity contribution >= 4 is 17.7 Å². The number of hydrogen-bond donors (Lipinski definition) is 3. The Hall–Kier alpha value is -2.24. The molecule has 1 aromatic rings. The van der Waals surface area contributed by atoms with Crippen molar-refractivity contribution in [2.75, 3.05) is 11.9 Å². The minimum absolute atomic E-state index is 0.0798. The van der Waals surface area contributed by atoms with Crippen molar-refractivity contribution in [2.24, 2.45) is 0 Å². The normalized spacial score (nSPS) is 33.1. The van der Waals surface area contributed by atoms with Crippen LogP contribution in [0.4, 0.5) is 10.5 Å². The molecule has 1 aromatic carbocycles. The maximum Gasteiger partial charge on any atom is 0.319 e. The van der Waals surface area contributed by atoms with Crippen LogP contribution in [0, 0.1) is 0 Å². The Kier molecular flexibility index (Phi) is 5.69. The first-order chi connectivity index (χ1) is 14.5. The van der Waals surface area contributed by atoms with Crippen LogP contribution in [-0.4, -0.2) is 65.9 Å². The number of urea groups is 1. The Morgan fingerprint density at radius 1 is 1.03 bits per heavy atom. The number of benzene rings is 1. The van der Waals surface area contributed by atoms with Crippen LogP contribution in [-0.2, 0) is 34.9 Å². The van der Waals surface area contributed by atoms with Gasteiger partial charge in [-0.15, -0.1) is 0 Å². The highest BCUT2D eigenvalue weighted by Crippen LogP contribution is 2.40. The van der Waals surface area contributed by atoms with E-state index in [1.54, 1.807) is 38.1 Å². The van der Waals surface area contributed by atoms with Crippen molar-refractivity contribution in [3.63, 3.8) is 0 Å². The minimum Gasteiger partial charge on any atom is -0.481 e. The molecule has 5 atom stereocenters. The topological polar surface area (TPSA) is 125 Å². The molecule has 3 aliphatic rings. The lowest BCUT2D eigenvalue weighted by Crippen LogP contribution is -2.53. The van der Waals surface area contributed by atoms with E-state index in [0.29, 0.717) is 17.9 Å². The van der Waals surface area contributed by atoms with Crippen LogP contribution in [0.3, 0.4) is 0 Å². The van der Waals surface area contributed by atoms with Gasteiger partial charge in [-0.1, -0.05) is 12.1 Å². The molecule has 0 spiro atoms. The second-order valence-corrected chi connectivity index (χ2v) is 8.83. The summed E-state index contributed by atoms with van der Waals surface area (Å²) >= 11 is 0. The van der Waals surface area contributed by atoms with E-state index in [9.17, 15) is 9.59 Å². The minimum atomic E-state index is -0.914. The fourth-order valence-corrected chi connectivity index (χ4v) is 4.09. The van der Waals surface area contributed by atoms with E-state index in [1.807, 2.05) is 13.8 Å². The number of carboxylic acid groups (broad SMARTS) is 1. The molecule has 31 heavy (non-hydrogen) atoms. The van der Waals surface area contributed by atoms with Gasteiger partial charge < -0.3 is 39.4 Å². The lowest BCUT2D eigenvalue weighted by Gasteiger charge is -2.29. The Bertz CT molecular complexity index is 840. The van der Waals surface area contributed by atoms with Gasteiger partial charge in [-0.05, 0) is 45.4 Å². The highest BCUT2D eigenvalue weighted by atomic mass is 16.8. The fourth-order valence-electron chi connectivity index (χ4n) is 4.09. The van der Waals surface area contributed by atoms with Gasteiger partial charge in [-0.2, -0.15) is 0 Å². The molecule has 3 heterocycles. The van der Waals surface area contributed by atoms with Gasteiger partial charge in [-0.3, -0.25) is 4.79 Å². The van der Waals surface area contributed by atoms with Gasteiger partial charge in [0.05, 0.1) is 19.1 Å². The summed E-state index contributed by atoms with van der Waals surface area (Å²) in [7, 11) is 0. The van der Waals surface area contributed by atoms with Crippen LogP contribution >= 0.6 is 0 Å². The van der Waals surface area contributed by atoms with Crippen molar-refractivity contribution in [2.45, 2.75) is 76.3 Å². The van der Waals surface area contributed by atoms with E-state index < -0.39 is 54.2 Å². The monoisotopic (exact) mass is 436 g/mol. The molecule has 3 aliphatic heterocycles. The smallest absolute Gasteiger partial charge is 0.319 e. The zero-order valence-electron chi connectivity index (χ0n) is 17.9. The van der Waals surface area contributed by atoms with Crippen molar-refractivity contribution in [1.29, 1.82) is 0 Å². The van der Waals surface area contributed by atoms with E-state index in [0.717, 1.165) is 0 Å². The van der Waals surface area contributed by atoms with Crippen LogP contribution < -0.4 is 10.6 Å². The van der Waals surface area contributed by atoms with Gasteiger partial charge in [0.15, 0.2) is 17.9 Å². The predicted molar refractivity (Wildman–Crippen MR) is 107 cm³/mol. The molecule has 0 radical (unpaired) electrons. The maximum absolute atomic E-state index is 12.7. The Morgan fingerprint density at radius 2 is 1.74 bits per heavy atom. The molecular weight excluding hydrogens is 408 g/mol. The van der Waals surface area contributed by atoms with E-state index >= 15 is 0 Å². The summed E-state index contributed by atoms with van der Waals surface area (Å²) in [5, 5.41) is 14.6. The lowest BCUT2D eigenvalue weighted by molar-refractivity contribution is -0.223. The maximum atomic E-state index is 12.7. The van der Waals surface area contributed by atoms with Crippen LogP contribution in [0.25, 0.3) is 0 Å². The number of rotatable bonds is 5. The van der Waals surface area contributed by atoms with Crippen LogP contribution in [0.15, 0.2) is 24.3 Å². The molecule has 10 heteroatoms. The van der Waals surface area contributed by atoms with Gasteiger partial charge in [0, 0.05) is 5.69 Å². The molecule has 10 nitrogen and oxygen atoms in total. The van der Waals surface area contributed by atoms with E-state index in [-0.39, 0.29) is 6.42 Å². The summed E-state index contributed by atoms with van der Waals surface area (Å²) in [6, 6.07) is 5.64. The number of carbonyl (C=O) groups excluding carboxylic acids is 1. The summed E-state index contributed by atoms with van der Waals surface area (Å²) in [5.74, 6) is -2.48. The fraction of sp³-hybridized carbons (Fsp3) is 0.619. The average Bonchev–Trinajstić information content (AvgIpc) is 3.26. The van der Waals surface area contributed by atoms with Crippen LogP contribution in [0.2, 0.25) is 0 Å². The third kappa shape index (κ3) is 4.99. The zero-order valence-corrected chi connectivity index (χ0v) is 17.9. The van der Waals surface area contributed by atoms with Crippen LogP contribution in [0.5, 0.6) is 0 Å². The molecule has 4 rings (SSSR count). The van der Waals surface area contributed by atoms with E-state index in [1.165, 1.54) is 0 Å². The third-order valence-corrected chi connectivity index (χ3v) is 5.35. The molecule has 0 saturated carbocycles. The quantitative estimate of drug-likeness (QED) is 0.639. The number of anilines is 1. The summed E-state index contributed by atoms with van der Waals surface area (Å²) in [4.78, 5) is 23.5. The molecule has 0 bridgehead atoms. The number of carbonyl (C=O) groups is 2. The SMILES string of the molecule is CC1(C)O[C@H]2O[C@H]([C@H]3COC(C)(C)O3)[C@H](NC(=O)Nc3ccc(CC(=O)O)cc3)[C@H]2O1. The van der Waals surface area contributed by atoms with Crippen molar-refractivity contribution < 1.29 is 38.4 Å². The number of fused-ring (bicyclic) bond motifs is 1. The van der Waals surface area contributed by atoms with Gasteiger partial charge in [0.1, 0.15) is 18.3 Å². The van der Waals surface area contributed by atoms with Crippen molar-refractivity contribution in [3.8, 4) is 0 Å². The van der Waals surface area contributed by atoms with Gasteiger partial charge in [0.2, 0.25) is 0 Å². The first-order valence-electron chi connectivity index (χ1n) is 10.2. The zero-order chi connectivity index (χ0) is 22.4. The second kappa shape index (κ2) is 8.03. The van der Waals surface area contributed by atoms with Gasteiger partial charge in [0.25, 0.3) is 0 Å². The molecule has 3 fully saturated rings. The highest BCUT2D eigenvalue weighted by molar-refractivity contribution is 5.89. The molecule has 3 saturated heterocycles. The molecule has 0 aliphatic carbocycles. The van der Waals surface area contributed by atoms with Gasteiger partial charge >= 0.3 is 12.0 Å². The number of aliphatic carboxylic acids is 1. The number of nitrogens with one attached hydrogen (secondary N) is 2. The van der Waals surface area contributed by atoms with Crippen molar-refractivity contribution in [3.05, 3.63) is 29.8 Å². The number of amides is 2. The predicted octanol–water partition coefficient (Wildman–Crippen LogP) is 1.83.